The summed E-state index contributed by atoms with van der Waals surface area (Å²) < 4.78 is 0. The molecule has 0 unspecified atom stereocenters. The molecule has 7 heteroatoms. The molecule has 0 bridgehead atoms. The summed E-state index contributed by atoms with van der Waals surface area (Å²) in [6.45, 7) is 3.68. The van der Waals surface area contributed by atoms with Gasteiger partial charge in [-0.15, -0.1) is 0 Å². The number of carbonyl (C=O) groups excluding carboxylic acids is 1. The zero-order chi connectivity index (χ0) is 13.7. The van der Waals surface area contributed by atoms with Crippen molar-refractivity contribution in [2.45, 2.75) is 19.3 Å². The van der Waals surface area contributed by atoms with Crippen LogP contribution in [0.4, 0.5) is 0 Å². The molecule has 0 aromatic rings. The smallest absolute Gasteiger partial charge is 0.233 e. The minimum absolute atomic E-state index is 0.0469. The Morgan fingerprint density at radius 2 is 2.11 bits per heavy atom. The first-order valence-corrected chi connectivity index (χ1v) is 7.91. The fourth-order valence-electron chi connectivity index (χ4n) is 2.55. The third-order valence-electron chi connectivity index (χ3n) is 4.06. The van der Waals surface area contributed by atoms with Crippen molar-refractivity contribution in [2.75, 3.05) is 37.7 Å². The van der Waals surface area contributed by atoms with E-state index in [1.54, 1.807) is 0 Å². The molecule has 0 spiro atoms. The fourth-order valence-corrected chi connectivity index (χ4v) is 3.53. The van der Waals surface area contributed by atoms with Crippen LogP contribution in [0, 0.1) is 5.41 Å². The van der Waals surface area contributed by atoms with Gasteiger partial charge in [-0.3, -0.25) is 9.69 Å². The van der Waals surface area contributed by atoms with Crippen LogP contribution < -0.4 is 11.1 Å². The number of amides is 1. The van der Waals surface area contributed by atoms with Crippen LogP contribution in [0.3, 0.4) is 0 Å². The molecule has 108 valence electrons. The molecule has 1 aliphatic heterocycles. The van der Waals surface area contributed by atoms with Crippen LogP contribution in [0.2, 0.25) is 0 Å². The molecule has 0 atom stereocenters. The Morgan fingerprint density at radius 3 is 2.63 bits per heavy atom. The number of nitrogens with two attached hydrogens (primary N) is 1. The van der Waals surface area contributed by atoms with E-state index in [9.17, 15) is 4.79 Å². The SMILES string of the molecule is NC(=NO)C1(C(=O)NCCN2CCSCC2)CCC1. The fraction of sp³-hybridized carbons (Fsp3) is 0.833. The van der Waals surface area contributed by atoms with Crippen LogP contribution >= 0.6 is 11.8 Å². The van der Waals surface area contributed by atoms with Gasteiger partial charge in [0, 0.05) is 37.7 Å². The third kappa shape index (κ3) is 3.14. The van der Waals surface area contributed by atoms with E-state index in [0.717, 1.165) is 26.1 Å². The molecule has 2 aliphatic rings. The van der Waals surface area contributed by atoms with E-state index in [4.69, 9.17) is 10.9 Å². The van der Waals surface area contributed by atoms with Gasteiger partial charge < -0.3 is 16.3 Å². The van der Waals surface area contributed by atoms with E-state index < -0.39 is 5.41 Å². The number of nitrogens with one attached hydrogen (secondary N) is 1. The van der Waals surface area contributed by atoms with Crippen LogP contribution in [-0.4, -0.2) is 59.5 Å². The summed E-state index contributed by atoms with van der Waals surface area (Å²) in [5.74, 6) is 2.29. The lowest BCUT2D eigenvalue weighted by Crippen LogP contribution is -2.55. The molecular formula is C12H22N4O2S. The highest BCUT2D eigenvalue weighted by Crippen LogP contribution is 2.41. The molecule has 1 amide bonds. The van der Waals surface area contributed by atoms with E-state index >= 15 is 0 Å². The van der Waals surface area contributed by atoms with Crippen molar-refractivity contribution >= 4 is 23.5 Å². The number of amidine groups is 1. The second-order valence-corrected chi connectivity index (χ2v) is 6.36. The van der Waals surface area contributed by atoms with E-state index in [1.165, 1.54) is 11.5 Å². The lowest BCUT2D eigenvalue weighted by molar-refractivity contribution is -0.131. The Bertz CT molecular complexity index is 352. The predicted molar refractivity (Wildman–Crippen MR) is 76.5 cm³/mol. The molecule has 1 aliphatic carbocycles. The number of oxime groups is 1. The second kappa shape index (κ2) is 6.47. The maximum absolute atomic E-state index is 12.2. The van der Waals surface area contributed by atoms with Gasteiger partial charge in [-0.25, -0.2) is 0 Å². The van der Waals surface area contributed by atoms with E-state index in [-0.39, 0.29) is 11.7 Å². The van der Waals surface area contributed by atoms with Crippen LogP contribution in [0.15, 0.2) is 5.16 Å². The molecule has 0 radical (unpaired) electrons. The summed E-state index contributed by atoms with van der Waals surface area (Å²) in [6.07, 6.45) is 2.30. The topological polar surface area (TPSA) is 91.0 Å². The third-order valence-corrected chi connectivity index (χ3v) is 5.00. The first-order valence-electron chi connectivity index (χ1n) is 6.75. The number of carbonyl (C=O) groups is 1. The average Bonchev–Trinajstić information content (AvgIpc) is 2.38. The van der Waals surface area contributed by atoms with Crippen molar-refractivity contribution in [3.05, 3.63) is 0 Å². The van der Waals surface area contributed by atoms with Gasteiger partial charge in [0.15, 0.2) is 5.84 Å². The molecule has 4 N–H and O–H groups in total. The van der Waals surface area contributed by atoms with Crippen molar-refractivity contribution in [2.24, 2.45) is 16.3 Å². The van der Waals surface area contributed by atoms with Crippen molar-refractivity contribution in [1.82, 2.24) is 10.2 Å². The summed E-state index contributed by atoms with van der Waals surface area (Å²) >= 11 is 1.97. The quantitative estimate of drug-likeness (QED) is 0.288. The van der Waals surface area contributed by atoms with E-state index in [0.29, 0.717) is 19.4 Å². The highest BCUT2D eigenvalue weighted by molar-refractivity contribution is 7.99. The van der Waals surface area contributed by atoms with Crippen LogP contribution in [-0.2, 0) is 4.79 Å². The van der Waals surface area contributed by atoms with Crippen molar-refractivity contribution < 1.29 is 10.0 Å². The first kappa shape index (κ1) is 14.5. The van der Waals surface area contributed by atoms with Crippen LogP contribution in [0.1, 0.15) is 19.3 Å². The Labute approximate surface area is 117 Å². The van der Waals surface area contributed by atoms with Gasteiger partial charge in [0.25, 0.3) is 0 Å². The van der Waals surface area contributed by atoms with Crippen molar-refractivity contribution in [3.63, 3.8) is 0 Å². The van der Waals surface area contributed by atoms with Gasteiger partial charge in [-0.05, 0) is 12.8 Å². The van der Waals surface area contributed by atoms with Crippen molar-refractivity contribution in [1.29, 1.82) is 0 Å². The number of thioether (sulfide) groups is 1. The molecule has 19 heavy (non-hydrogen) atoms. The Balaban J connectivity index is 1.77. The minimum Gasteiger partial charge on any atom is -0.409 e. The molecule has 0 aromatic heterocycles. The van der Waals surface area contributed by atoms with Crippen molar-refractivity contribution in [3.8, 4) is 0 Å². The van der Waals surface area contributed by atoms with Gasteiger partial charge in [-0.2, -0.15) is 11.8 Å². The van der Waals surface area contributed by atoms with Gasteiger partial charge >= 0.3 is 0 Å². The second-order valence-electron chi connectivity index (χ2n) is 5.13. The summed E-state index contributed by atoms with van der Waals surface area (Å²) in [6, 6.07) is 0. The average molecular weight is 286 g/mol. The molecule has 0 aromatic carbocycles. The van der Waals surface area contributed by atoms with E-state index in [2.05, 4.69) is 15.4 Å². The lowest BCUT2D eigenvalue weighted by Gasteiger charge is -2.38. The summed E-state index contributed by atoms with van der Waals surface area (Å²) in [5, 5.41) is 14.7. The molecule has 2 fully saturated rings. The summed E-state index contributed by atoms with van der Waals surface area (Å²) in [4.78, 5) is 14.5. The molecule has 1 heterocycles. The molecule has 1 saturated heterocycles. The lowest BCUT2D eigenvalue weighted by atomic mass is 9.67. The monoisotopic (exact) mass is 286 g/mol. The van der Waals surface area contributed by atoms with Crippen LogP contribution in [0.25, 0.3) is 0 Å². The normalized spacial score (nSPS) is 23.7. The predicted octanol–water partition coefficient (Wildman–Crippen LogP) is 0.0681. The van der Waals surface area contributed by atoms with Gasteiger partial charge in [-0.1, -0.05) is 11.6 Å². The summed E-state index contributed by atoms with van der Waals surface area (Å²) in [5.41, 5.74) is 4.90. The van der Waals surface area contributed by atoms with Gasteiger partial charge in [0.05, 0.1) is 0 Å². The Hall–Kier alpha value is -0.950. The van der Waals surface area contributed by atoms with Gasteiger partial charge in [0.2, 0.25) is 5.91 Å². The first-order chi connectivity index (χ1) is 9.19. The zero-order valence-electron chi connectivity index (χ0n) is 11.1. The van der Waals surface area contributed by atoms with Gasteiger partial charge in [0.1, 0.15) is 5.41 Å². The molecule has 2 rings (SSSR count). The zero-order valence-corrected chi connectivity index (χ0v) is 11.9. The molecule has 6 nitrogen and oxygen atoms in total. The highest BCUT2D eigenvalue weighted by atomic mass is 32.2. The van der Waals surface area contributed by atoms with E-state index in [1.807, 2.05) is 11.8 Å². The summed E-state index contributed by atoms with van der Waals surface area (Å²) in [7, 11) is 0. The van der Waals surface area contributed by atoms with Crippen LogP contribution in [0.5, 0.6) is 0 Å². The highest BCUT2D eigenvalue weighted by Gasteiger charge is 2.48. The maximum Gasteiger partial charge on any atom is 0.233 e. The number of hydrogen-bond acceptors (Lipinski definition) is 5. The Kier molecular flexibility index (Phi) is 4.93. The number of nitrogens with zero attached hydrogens (tertiary/aromatic N) is 2. The Morgan fingerprint density at radius 1 is 1.42 bits per heavy atom. The number of hydrogen-bond donors (Lipinski definition) is 3. The number of rotatable bonds is 5. The maximum atomic E-state index is 12.2. The molecule has 1 saturated carbocycles. The largest absolute Gasteiger partial charge is 0.409 e. The molecular weight excluding hydrogens is 264 g/mol. The standard InChI is InChI=1S/C12H22N4O2S/c13-10(15-18)12(2-1-3-12)11(17)14-4-5-16-6-8-19-9-7-16/h18H,1-9H2,(H2,13,15)(H,14,17). The minimum atomic E-state index is -0.757.